The lowest BCUT2D eigenvalue weighted by atomic mass is 10.2. The van der Waals surface area contributed by atoms with Gasteiger partial charge in [-0.15, -0.1) is 0 Å². The molecule has 2 bridgehead atoms. The average Bonchev–Trinajstić information content (AvgIpc) is 2.79. The van der Waals surface area contributed by atoms with E-state index in [1.807, 2.05) is 12.1 Å². The van der Waals surface area contributed by atoms with Crippen LogP contribution < -0.4 is 0 Å². The number of hydrogen-bond donors (Lipinski definition) is 1. The molecule has 3 heteroatoms. The monoisotopic (exact) mass is 221 g/mol. The Morgan fingerprint density at radius 3 is 3.07 bits per heavy atom. The zero-order valence-corrected chi connectivity index (χ0v) is 9.41. The van der Waals surface area contributed by atoms with E-state index in [1.54, 1.807) is 6.07 Å². The van der Waals surface area contributed by atoms with Crippen LogP contribution in [-0.4, -0.2) is 33.6 Å². The van der Waals surface area contributed by atoms with Crippen molar-refractivity contribution >= 4 is 11.8 Å². The summed E-state index contributed by atoms with van der Waals surface area (Å²) >= 11 is 2.12. The number of benzene rings is 1. The van der Waals surface area contributed by atoms with Crippen LogP contribution in [0.5, 0.6) is 5.75 Å². The third-order valence-corrected chi connectivity index (χ3v) is 4.70. The van der Waals surface area contributed by atoms with Crippen LogP contribution in [0.1, 0.15) is 12.0 Å². The van der Waals surface area contributed by atoms with Gasteiger partial charge in [0.05, 0.1) is 0 Å². The summed E-state index contributed by atoms with van der Waals surface area (Å²) in [6, 6.07) is 8.41. The number of rotatable bonds is 2. The first-order valence-corrected chi connectivity index (χ1v) is 6.50. The van der Waals surface area contributed by atoms with Gasteiger partial charge in [-0.25, -0.2) is 0 Å². The zero-order valence-electron chi connectivity index (χ0n) is 8.60. The van der Waals surface area contributed by atoms with Crippen LogP contribution in [0.2, 0.25) is 0 Å². The number of fused-ring (bicyclic) bond motifs is 2. The SMILES string of the molecule is Oc1cccc(CN2CC3CC2CS3)c1. The third kappa shape index (κ3) is 1.86. The van der Waals surface area contributed by atoms with E-state index in [0.717, 1.165) is 17.8 Å². The van der Waals surface area contributed by atoms with Gasteiger partial charge in [-0.1, -0.05) is 12.1 Å². The molecule has 2 fully saturated rings. The molecule has 0 aromatic heterocycles. The molecule has 0 saturated carbocycles. The molecule has 0 amide bonds. The molecule has 1 aromatic carbocycles. The van der Waals surface area contributed by atoms with Crippen LogP contribution in [0, 0.1) is 0 Å². The lowest BCUT2D eigenvalue weighted by molar-refractivity contribution is 0.261. The summed E-state index contributed by atoms with van der Waals surface area (Å²) in [6.45, 7) is 2.22. The number of likely N-dealkylation sites (tertiary alicyclic amines) is 1. The third-order valence-electron chi connectivity index (χ3n) is 3.31. The first-order valence-electron chi connectivity index (χ1n) is 5.45. The highest BCUT2D eigenvalue weighted by molar-refractivity contribution is 8.00. The minimum absolute atomic E-state index is 0.381. The van der Waals surface area contributed by atoms with Crippen molar-refractivity contribution in [3.63, 3.8) is 0 Å². The Balaban J connectivity index is 1.71. The van der Waals surface area contributed by atoms with Gasteiger partial charge in [0.15, 0.2) is 0 Å². The molecule has 2 aliphatic heterocycles. The second-order valence-electron chi connectivity index (χ2n) is 4.44. The smallest absolute Gasteiger partial charge is 0.115 e. The van der Waals surface area contributed by atoms with Gasteiger partial charge in [0, 0.05) is 30.1 Å². The maximum Gasteiger partial charge on any atom is 0.115 e. The first-order chi connectivity index (χ1) is 7.31. The number of phenols is 1. The van der Waals surface area contributed by atoms with Gasteiger partial charge < -0.3 is 5.11 Å². The normalized spacial score (nSPS) is 29.9. The Bertz CT molecular complexity index is 368. The van der Waals surface area contributed by atoms with Crippen molar-refractivity contribution in [2.45, 2.75) is 24.3 Å². The summed E-state index contributed by atoms with van der Waals surface area (Å²) in [5.41, 5.74) is 1.23. The van der Waals surface area contributed by atoms with Crippen molar-refractivity contribution in [2.75, 3.05) is 12.3 Å². The second-order valence-corrected chi connectivity index (χ2v) is 5.78. The summed E-state index contributed by atoms with van der Waals surface area (Å²) in [5.74, 6) is 1.68. The van der Waals surface area contributed by atoms with Gasteiger partial charge in [0.2, 0.25) is 0 Å². The quantitative estimate of drug-likeness (QED) is 0.827. The molecule has 15 heavy (non-hydrogen) atoms. The predicted octanol–water partition coefficient (Wildman–Crippen LogP) is 2.08. The number of thioether (sulfide) groups is 1. The minimum Gasteiger partial charge on any atom is -0.508 e. The molecule has 2 aliphatic rings. The fraction of sp³-hybridized carbons (Fsp3) is 0.500. The molecule has 80 valence electrons. The van der Waals surface area contributed by atoms with Crippen molar-refractivity contribution in [1.82, 2.24) is 4.90 Å². The van der Waals surface area contributed by atoms with Crippen LogP contribution in [0.15, 0.2) is 24.3 Å². The fourth-order valence-electron chi connectivity index (χ4n) is 2.56. The molecule has 0 spiro atoms. The molecular formula is C12H15NOS. The van der Waals surface area contributed by atoms with Gasteiger partial charge in [-0.05, 0) is 24.1 Å². The summed E-state index contributed by atoms with van der Waals surface area (Å²) in [4.78, 5) is 2.55. The van der Waals surface area contributed by atoms with Crippen LogP contribution >= 0.6 is 11.8 Å². The Kier molecular flexibility index (Phi) is 2.37. The molecular weight excluding hydrogens is 206 g/mol. The largest absolute Gasteiger partial charge is 0.508 e. The molecule has 1 aromatic rings. The highest BCUT2D eigenvalue weighted by Gasteiger charge is 2.38. The van der Waals surface area contributed by atoms with Crippen molar-refractivity contribution < 1.29 is 5.11 Å². The van der Waals surface area contributed by atoms with Gasteiger partial charge in [-0.2, -0.15) is 11.8 Å². The molecule has 2 heterocycles. The minimum atomic E-state index is 0.381. The molecule has 0 radical (unpaired) electrons. The molecule has 2 unspecified atom stereocenters. The van der Waals surface area contributed by atoms with E-state index < -0.39 is 0 Å². The average molecular weight is 221 g/mol. The van der Waals surface area contributed by atoms with E-state index in [1.165, 1.54) is 24.3 Å². The fourth-order valence-corrected chi connectivity index (χ4v) is 4.06. The molecule has 2 nitrogen and oxygen atoms in total. The van der Waals surface area contributed by atoms with E-state index in [9.17, 15) is 5.11 Å². The number of hydrogen-bond acceptors (Lipinski definition) is 3. The Hall–Kier alpha value is -0.670. The predicted molar refractivity (Wildman–Crippen MR) is 63.2 cm³/mol. The molecule has 2 saturated heterocycles. The summed E-state index contributed by atoms with van der Waals surface area (Å²) in [7, 11) is 0. The van der Waals surface area contributed by atoms with Crippen LogP contribution in [0.3, 0.4) is 0 Å². The summed E-state index contributed by atoms with van der Waals surface area (Å²) < 4.78 is 0. The number of aromatic hydroxyl groups is 1. The lowest BCUT2D eigenvalue weighted by Gasteiger charge is -2.26. The van der Waals surface area contributed by atoms with E-state index in [4.69, 9.17) is 0 Å². The van der Waals surface area contributed by atoms with Crippen molar-refractivity contribution in [3.8, 4) is 5.75 Å². The highest BCUT2D eigenvalue weighted by atomic mass is 32.2. The van der Waals surface area contributed by atoms with Gasteiger partial charge in [0.1, 0.15) is 5.75 Å². The topological polar surface area (TPSA) is 23.5 Å². The number of nitrogens with zero attached hydrogens (tertiary/aromatic N) is 1. The van der Waals surface area contributed by atoms with Crippen LogP contribution in [0.25, 0.3) is 0 Å². The van der Waals surface area contributed by atoms with E-state index in [-0.39, 0.29) is 0 Å². The molecule has 0 aliphatic carbocycles. The molecule has 3 rings (SSSR count). The maximum atomic E-state index is 9.40. The highest BCUT2D eigenvalue weighted by Crippen LogP contribution is 2.38. The van der Waals surface area contributed by atoms with Crippen LogP contribution in [-0.2, 0) is 6.54 Å². The number of phenolic OH excluding ortho intramolecular Hbond substituents is 1. The Morgan fingerprint density at radius 2 is 2.40 bits per heavy atom. The molecule has 1 N–H and O–H groups in total. The van der Waals surface area contributed by atoms with Crippen molar-refractivity contribution in [3.05, 3.63) is 29.8 Å². The first kappa shape index (κ1) is 9.55. The zero-order chi connectivity index (χ0) is 10.3. The van der Waals surface area contributed by atoms with E-state index in [0.29, 0.717) is 5.75 Å². The lowest BCUT2D eigenvalue weighted by Crippen LogP contribution is -2.33. The van der Waals surface area contributed by atoms with Crippen molar-refractivity contribution in [1.29, 1.82) is 0 Å². The summed E-state index contributed by atoms with van der Waals surface area (Å²) in [6.07, 6.45) is 1.36. The molecule has 2 atom stereocenters. The summed E-state index contributed by atoms with van der Waals surface area (Å²) in [5, 5.41) is 10.3. The van der Waals surface area contributed by atoms with Crippen LogP contribution in [0.4, 0.5) is 0 Å². The van der Waals surface area contributed by atoms with Gasteiger partial charge >= 0.3 is 0 Å². The van der Waals surface area contributed by atoms with E-state index >= 15 is 0 Å². The Labute approximate surface area is 94.3 Å². The van der Waals surface area contributed by atoms with Crippen molar-refractivity contribution in [2.24, 2.45) is 0 Å². The standard InChI is InChI=1S/C12H15NOS/c14-11-3-1-2-9(4-11)6-13-7-12-5-10(13)8-15-12/h1-4,10,12,14H,5-8H2. The maximum absolute atomic E-state index is 9.40. The van der Waals surface area contributed by atoms with Gasteiger partial charge in [-0.3, -0.25) is 4.90 Å². The van der Waals surface area contributed by atoms with E-state index in [2.05, 4.69) is 22.7 Å². The second kappa shape index (κ2) is 3.72. The Morgan fingerprint density at radius 1 is 1.47 bits per heavy atom. The van der Waals surface area contributed by atoms with Gasteiger partial charge in [0.25, 0.3) is 0 Å².